The van der Waals surface area contributed by atoms with E-state index in [-0.39, 0.29) is 18.3 Å². The molecule has 0 aliphatic carbocycles. The van der Waals surface area contributed by atoms with Gasteiger partial charge in [-0.25, -0.2) is 5.43 Å². The number of carbonyl (C=O) groups excluding carboxylic acids is 1. The van der Waals surface area contributed by atoms with Crippen LogP contribution in [-0.2, 0) is 4.79 Å². The maximum Gasteiger partial charge on any atom is 0.277 e. The molecule has 0 saturated heterocycles. The van der Waals surface area contributed by atoms with Crippen LogP contribution < -0.4 is 14.9 Å². The van der Waals surface area contributed by atoms with Crippen molar-refractivity contribution in [2.75, 3.05) is 13.2 Å². The van der Waals surface area contributed by atoms with Gasteiger partial charge in [0.25, 0.3) is 5.91 Å². The number of ether oxygens (including phenoxy) is 2. The molecule has 2 N–H and O–H groups in total. The number of rotatable bonds is 8. The van der Waals surface area contributed by atoms with Gasteiger partial charge in [0.05, 0.1) is 17.3 Å². The number of hydrazone groups is 1. The highest BCUT2D eigenvalue weighted by Gasteiger charge is 2.08. The topological polar surface area (TPSA) is 80.2 Å². The molecule has 0 aliphatic heterocycles. The third-order valence-corrected chi connectivity index (χ3v) is 4.29. The summed E-state index contributed by atoms with van der Waals surface area (Å²) in [5, 5.41) is 13.6. The second kappa shape index (κ2) is 9.97. The van der Waals surface area contributed by atoms with Crippen LogP contribution in [0.25, 0.3) is 0 Å². The Hall–Kier alpha value is -2.54. The van der Waals surface area contributed by atoms with E-state index in [2.05, 4.69) is 40.3 Å². The Balaban J connectivity index is 1.87. The maximum atomic E-state index is 11.9. The average molecular weight is 435 g/mol. The molecular formula is C20H23BrN2O4. The van der Waals surface area contributed by atoms with Crippen molar-refractivity contribution in [1.82, 2.24) is 5.43 Å². The molecule has 0 atom stereocenters. The van der Waals surface area contributed by atoms with Gasteiger partial charge in [-0.3, -0.25) is 4.79 Å². The van der Waals surface area contributed by atoms with Gasteiger partial charge in [-0.1, -0.05) is 19.9 Å². The Kier molecular flexibility index (Phi) is 7.67. The van der Waals surface area contributed by atoms with E-state index < -0.39 is 0 Å². The van der Waals surface area contributed by atoms with Crippen LogP contribution in [0.5, 0.6) is 17.2 Å². The third kappa shape index (κ3) is 6.29. The number of carbonyl (C=O) groups is 1. The van der Waals surface area contributed by atoms with E-state index in [9.17, 15) is 9.90 Å². The lowest BCUT2D eigenvalue weighted by atomic mass is 10.0. The Bertz CT molecular complexity index is 822. The fourth-order valence-electron chi connectivity index (χ4n) is 2.23. The van der Waals surface area contributed by atoms with Gasteiger partial charge in [-0.15, -0.1) is 0 Å². The van der Waals surface area contributed by atoms with Crippen LogP contribution in [0.4, 0.5) is 0 Å². The van der Waals surface area contributed by atoms with Gasteiger partial charge in [0.2, 0.25) is 0 Å². The van der Waals surface area contributed by atoms with E-state index in [1.807, 2.05) is 25.1 Å². The Morgan fingerprint density at radius 1 is 1.22 bits per heavy atom. The molecule has 0 heterocycles. The monoisotopic (exact) mass is 434 g/mol. The number of amides is 1. The SMILES string of the molecule is CCOc1cc(/C=N/NC(=O)COc2ccc(C(C)C)cc2Br)ccc1O. The Morgan fingerprint density at radius 3 is 2.67 bits per heavy atom. The van der Waals surface area contributed by atoms with Crippen LogP contribution >= 0.6 is 15.9 Å². The molecule has 0 spiro atoms. The van der Waals surface area contributed by atoms with Crippen LogP contribution in [0.2, 0.25) is 0 Å². The molecule has 0 unspecified atom stereocenters. The number of aromatic hydroxyl groups is 1. The minimum absolute atomic E-state index is 0.0560. The van der Waals surface area contributed by atoms with Crippen molar-refractivity contribution in [3.05, 3.63) is 52.0 Å². The lowest BCUT2D eigenvalue weighted by Gasteiger charge is -2.10. The van der Waals surface area contributed by atoms with Gasteiger partial charge in [0.15, 0.2) is 18.1 Å². The highest BCUT2D eigenvalue weighted by atomic mass is 79.9. The summed E-state index contributed by atoms with van der Waals surface area (Å²) in [5.74, 6) is 1.05. The highest BCUT2D eigenvalue weighted by molar-refractivity contribution is 9.10. The summed E-state index contributed by atoms with van der Waals surface area (Å²) < 4.78 is 11.6. The molecule has 0 bridgehead atoms. The lowest BCUT2D eigenvalue weighted by Crippen LogP contribution is -2.24. The minimum Gasteiger partial charge on any atom is -0.504 e. The summed E-state index contributed by atoms with van der Waals surface area (Å²) >= 11 is 3.46. The van der Waals surface area contributed by atoms with E-state index in [1.54, 1.807) is 12.1 Å². The molecule has 0 fully saturated rings. The van der Waals surface area contributed by atoms with Gasteiger partial charge in [-0.05, 0) is 70.2 Å². The summed E-state index contributed by atoms with van der Waals surface area (Å²) in [7, 11) is 0. The van der Waals surface area contributed by atoms with Crippen molar-refractivity contribution in [1.29, 1.82) is 0 Å². The molecule has 0 aromatic heterocycles. The number of hydrogen-bond acceptors (Lipinski definition) is 5. The molecular weight excluding hydrogens is 412 g/mol. The van der Waals surface area contributed by atoms with Crippen molar-refractivity contribution in [3.8, 4) is 17.2 Å². The van der Waals surface area contributed by atoms with Gasteiger partial charge in [0, 0.05) is 0 Å². The zero-order valence-electron chi connectivity index (χ0n) is 15.5. The Labute approximate surface area is 167 Å². The Morgan fingerprint density at radius 2 is 2.00 bits per heavy atom. The average Bonchev–Trinajstić information content (AvgIpc) is 2.63. The fraction of sp³-hybridized carbons (Fsp3) is 0.300. The fourth-order valence-corrected chi connectivity index (χ4v) is 2.74. The maximum absolute atomic E-state index is 11.9. The normalized spacial score (nSPS) is 11.0. The number of phenols is 1. The second-order valence-corrected chi connectivity index (χ2v) is 6.94. The predicted octanol–water partition coefficient (Wildman–Crippen LogP) is 4.21. The summed E-state index contributed by atoms with van der Waals surface area (Å²) in [6.45, 7) is 6.33. The summed E-state index contributed by atoms with van der Waals surface area (Å²) in [6, 6.07) is 10.6. The van der Waals surface area contributed by atoms with E-state index in [0.29, 0.717) is 29.6 Å². The van der Waals surface area contributed by atoms with Crippen molar-refractivity contribution >= 4 is 28.1 Å². The largest absolute Gasteiger partial charge is 0.504 e. The van der Waals surface area contributed by atoms with Gasteiger partial charge < -0.3 is 14.6 Å². The number of nitrogens with one attached hydrogen (secondary N) is 1. The molecule has 144 valence electrons. The van der Waals surface area contributed by atoms with Crippen LogP contribution in [0, 0.1) is 0 Å². The quantitative estimate of drug-likeness (QED) is 0.481. The molecule has 0 radical (unpaired) electrons. The smallest absolute Gasteiger partial charge is 0.277 e. The molecule has 2 aromatic carbocycles. The summed E-state index contributed by atoms with van der Waals surface area (Å²) in [5.41, 5.74) is 4.27. The first kappa shape index (κ1) is 20.8. The molecule has 2 aromatic rings. The van der Waals surface area contributed by atoms with E-state index >= 15 is 0 Å². The van der Waals surface area contributed by atoms with E-state index in [1.165, 1.54) is 17.8 Å². The van der Waals surface area contributed by atoms with Crippen LogP contribution in [0.3, 0.4) is 0 Å². The van der Waals surface area contributed by atoms with Gasteiger partial charge in [-0.2, -0.15) is 5.10 Å². The first-order chi connectivity index (χ1) is 12.9. The number of phenolic OH excluding ortho intramolecular Hbond substituents is 1. The molecule has 0 aliphatic rings. The standard InChI is InChI=1S/C20H23BrN2O4/c1-4-26-19-9-14(5-7-17(19)24)11-22-23-20(25)12-27-18-8-6-15(13(2)3)10-16(18)21/h5-11,13,24H,4,12H2,1-3H3,(H,23,25)/b22-11+. The zero-order chi connectivity index (χ0) is 19.8. The molecule has 27 heavy (non-hydrogen) atoms. The summed E-state index contributed by atoms with van der Waals surface area (Å²) in [4.78, 5) is 11.9. The zero-order valence-corrected chi connectivity index (χ0v) is 17.1. The molecule has 6 nitrogen and oxygen atoms in total. The van der Waals surface area contributed by atoms with Gasteiger partial charge in [0.1, 0.15) is 5.75 Å². The molecule has 2 rings (SSSR count). The third-order valence-electron chi connectivity index (χ3n) is 3.67. The lowest BCUT2D eigenvalue weighted by molar-refractivity contribution is -0.123. The minimum atomic E-state index is -0.380. The second-order valence-electron chi connectivity index (χ2n) is 6.09. The first-order valence-electron chi connectivity index (χ1n) is 8.60. The number of nitrogens with zero attached hydrogens (tertiary/aromatic N) is 1. The van der Waals surface area contributed by atoms with Crippen LogP contribution in [-0.4, -0.2) is 30.4 Å². The molecule has 0 saturated carbocycles. The van der Waals surface area contributed by atoms with Crippen molar-refractivity contribution in [2.24, 2.45) is 5.10 Å². The first-order valence-corrected chi connectivity index (χ1v) is 9.40. The highest BCUT2D eigenvalue weighted by Crippen LogP contribution is 2.29. The number of halogens is 1. The number of hydrogen-bond donors (Lipinski definition) is 2. The van der Waals surface area contributed by atoms with Gasteiger partial charge >= 0.3 is 0 Å². The van der Waals surface area contributed by atoms with Crippen LogP contribution in [0.1, 0.15) is 37.8 Å². The van der Waals surface area contributed by atoms with Crippen molar-refractivity contribution < 1.29 is 19.4 Å². The van der Waals surface area contributed by atoms with Crippen molar-refractivity contribution in [2.45, 2.75) is 26.7 Å². The summed E-state index contributed by atoms with van der Waals surface area (Å²) in [6.07, 6.45) is 1.47. The predicted molar refractivity (Wildman–Crippen MR) is 109 cm³/mol. The molecule has 7 heteroatoms. The number of benzene rings is 2. The van der Waals surface area contributed by atoms with Crippen molar-refractivity contribution in [3.63, 3.8) is 0 Å². The molecule has 1 amide bonds. The van der Waals surface area contributed by atoms with Crippen LogP contribution in [0.15, 0.2) is 46.0 Å². The van der Waals surface area contributed by atoms with E-state index in [0.717, 1.165) is 4.47 Å². The van der Waals surface area contributed by atoms with E-state index in [4.69, 9.17) is 9.47 Å².